The van der Waals surface area contributed by atoms with Crippen LogP contribution >= 0.6 is 0 Å². The van der Waals surface area contributed by atoms with E-state index in [2.05, 4.69) is 0 Å². The molecule has 0 radical (unpaired) electrons. The van der Waals surface area contributed by atoms with Crippen LogP contribution in [0.3, 0.4) is 0 Å². The van der Waals surface area contributed by atoms with Crippen molar-refractivity contribution in [1.82, 2.24) is 9.88 Å². The lowest BCUT2D eigenvalue weighted by Crippen LogP contribution is -2.37. The Morgan fingerprint density at radius 3 is 2.83 bits per heavy atom. The quantitative estimate of drug-likeness (QED) is 0.841. The molecule has 2 fully saturated rings. The first kappa shape index (κ1) is 15.6. The predicted molar refractivity (Wildman–Crippen MR) is 94.3 cm³/mol. The van der Waals surface area contributed by atoms with Crippen molar-refractivity contribution >= 4 is 16.8 Å². The maximum absolute atomic E-state index is 13.2. The third-order valence-electron chi connectivity index (χ3n) is 5.08. The van der Waals surface area contributed by atoms with E-state index in [1.807, 2.05) is 42.2 Å². The van der Waals surface area contributed by atoms with Crippen molar-refractivity contribution in [2.24, 2.45) is 0 Å². The molecule has 126 valence electrons. The zero-order chi connectivity index (χ0) is 16.5. The van der Waals surface area contributed by atoms with E-state index in [1.54, 1.807) is 0 Å². The van der Waals surface area contributed by atoms with Crippen LogP contribution in [-0.4, -0.2) is 41.6 Å². The maximum atomic E-state index is 13.2. The Labute approximate surface area is 142 Å². The number of nitrogens with zero attached hydrogens (tertiary/aromatic N) is 2. The number of carbonyl (C=O) groups is 1. The highest BCUT2D eigenvalue weighted by Crippen LogP contribution is 2.40. The number of benzene rings is 1. The Morgan fingerprint density at radius 1 is 1.29 bits per heavy atom. The van der Waals surface area contributed by atoms with E-state index < -0.39 is 0 Å². The molecule has 0 spiro atoms. The second-order valence-corrected chi connectivity index (χ2v) is 6.86. The van der Waals surface area contributed by atoms with Gasteiger partial charge in [-0.2, -0.15) is 0 Å². The fourth-order valence-electron chi connectivity index (χ4n) is 3.52. The van der Waals surface area contributed by atoms with Crippen LogP contribution in [0.2, 0.25) is 0 Å². The van der Waals surface area contributed by atoms with Crippen molar-refractivity contribution in [2.75, 3.05) is 19.7 Å². The van der Waals surface area contributed by atoms with Crippen molar-refractivity contribution < 1.29 is 9.53 Å². The fourth-order valence-corrected chi connectivity index (χ4v) is 3.52. The summed E-state index contributed by atoms with van der Waals surface area (Å²) >= 11 is 0. The Morgan fingerprint density at radius 2 is 2.12 bits per heavy atom. The zero-order valence-electron chi connectivity index (χ0n) is 14.2. The van der Waals surface area contributed by atoms with Gasteiger partial charge >= 0.3 is 0 Å². The lowest BCUT2D eigenvalue weighted by atomic mass is 10.0. The van der Waals surface area contributed by atoms with Gasteiger partial charge in [0.2, 0.25) is 0 Å². The van der Waals surface area contributed by atoms with Gasteiger partial charge in [0.15, 0.2) is 0 Å². The molecule has 1 aromatic carbocycles. The summed E-state index contributed by atoms with van der Waals surface area (Å²) in [7, 11) is 0. The summed E-state index contributed by atoms with van der Waals surface area (Å²) in [6.45, 7) is 4.25. The molecule has 4 heteroatoms. The largest absolute Gasteiger partial charge is 0.376 e. The standard InChI is InChI=1S/C20H24N2O2/c1-2-22(13-15-6-5-11-24-15)20(23)17-12-19(14-9-10-14)21-18-8-4-3-7-16(17)18/h3-4,7-8,12,14-15H,2,5-6,9-11,13H2,1H3. The number of hydrogen-bond acceptors (Lipinski definition) is 3. The predicted octanol–water partition coefficient (Wildman–Crippen LogP) is 3.75. The summed E-state index contributed by atoms with van der Waals surface area (Å²) in [4.78, 5) is 19.9. The molecule has 1 aliphatic carbocycles. The molecule has 1 atom stereocenters. The van der Waals surface area contributed by atoms with E-state index in [0.717, 1.165) is 41.6 Å². The number of pyridine rings is 1. The van der Waals surface area contributed by atoms with Crippen molar-refractivity contribution in [2.45, 2.75) is 44.6 Å². The van der Waals surface area contributed by atoms with Crippen molar-refractivity contribution in [3.8, 4) is 0 Å². The number of fused-ring (bicyclic) bond motifs is 1. The van der Waals surface area contributed by atoms with Gasteiger partial charge < -0.3 is 9.64 Å². The van der Waals surface area contributed by atoms with Crippen LogP contribution in [0.25, 0.3) is 10.9 Å². The number of rotatable bonds is 5. The smallest absolute Gasteiger partial charge is 0.254 e. The summed E-state index contributed by atoms with van der Waals surface area (Å²) in [5.74, 6) is 0.642. The maximum Gasteiger partial charge on any atom is 0.254 e. The van der Waals surface area contributed by atoms with Crippen LogP contribution in [0, 0.1) is 0 Å². The van der Waals surface area contributed by atoms with Crippen molar-refractivity contribution in [3.05, 3.63) is 41.6 Å². The molecular formula is C20H24N2O2. The van der Waals surface area contributed by atoms with Gasteiger partial charge in [0, 0.05) is 36.7 Å². The number of hydrogen-bond donors (Lipinski definition) is 0. The van der Waals surface area contributed by atoms with Gasteiger partial charge in [-0.05, 0) is 44.7 Å². The van der Waals surface area contributed by atoms with E-state index in [0.29, 0.717) is 19.0 Å². The molecule has 2 heterocycles. The Hall–Kier alpha value is -1.94. The first-order valence-electron chi connectivity index (χ1n) is 9.07. The molecule has 1 saturated heterocycles. The number of aromatic nitrogens is 1. The molecule has 0 bridgehead atoms. The minimum Gasteiger partial charge on any atom is -0.376 e. The molecule has 1 amide bonds. The molecule has 1 aromatic heterocycles. The second-order valence-electron chi connectivity index (χ2n) is 6.86. The topological polar surface area (TPSA) is 42.4 Å². The molecule has 2 aromatic rings. The van der Waals surface area contributed by atoms with Gasteiger partial charge in [0.05, 0.1) is 17.2 Å². The fraction of sp³-hybridized carbons (Fsp3) is 0.500. The highest BCUT2D eigenvalue weighted by molar-refractivity contribution is 6.06. The van der Waals surface area contributed by atoms with Crippen LogP contribution in [0.15, 0.2) is 30.3 Å². The minimum absolute atomic E-state index is 0.105. The summed E-state index contributed by atoms with van der Waals surface area (Å²) in [5.41, 5.74) is 2.80. The van der Waals surface area contributed by atoms with Gasteiger partial charge in [-0.1, -0.05) is 18.2 Å². The number of carbonyl (C=O) groups excluding carboxylic acids is 1. The van der Waals surface area contributed by atoms with E-state index >= 15 is 0 Å². The third-order valence-corrected chi connectivity index (χ3v) is 5.08. The minimum atomic E-state index is 0.105. The van der Waals surface area contributed by atoms with Crippen LogP contribution in [0.4, 0.5) is 0 Å². The molecule has 1 aliphatic heterocycles. The lowest BCUT2D eigenvalue weighted by molar-refractivity contribution is 0.0540. The summed E-state index contributed by atoms with van der Waals surface area (Å²) in [6, 6.07) is 10.0. The highest BCUT2D eigenvalue weighted by atomic mass is 16.5. The molecule has 4 rings (SSSR count). The molecule has 2 aliphatic rings. The molecule has 1 saturated carbocycles. The SMILES string of the molecule is CCN(CC1CCCO1)C(=O)c1cc(C2CC2)nc2ccccc12. The van der Waals surface area contributed by atoms with Gasteiger partial charge in [0.1, 0.15) is 0 Å². The molecular weight excluding hydrogens is 300 g/mol. The summed E-state index contributed by atoms with van der Waals surface area (Å²) < 4.78 is 5.72. The van der Waals surface area contributed by atoms with Crippen LogP contribution in [0.1, 0.15) is 54.6 Å². The lowest BCUT2D eigenvalue weighted by Gasteiger charge is -2.25. The number of para-hydroxylation sites is 1. The van der Waals surface area contributed by atoms with Crippen LogP contribution < -0.4 is 0 Å². The Kier molecular flexibility index (Phi) is 4.23. The highest BCUT2D eigenvalue weighted by Gasteiger charge is 2.28. The van der Waals surface area contributed by atoms with E-state index in [4.69, 9.17) is 9.72 Å². The average Bonchev–Trinajstić information content (AvgIpc) is 3.35. The number of likely N-dealkylation sites (N-methyl/N-ethyl adjacent to an activating group) is 1. The first-order valence-corrected chi connectivity index (χ1v) is 9.07. The zero-order valence-corrected chi connectivity index (χ0v) is 14.2. The van der Waals surface area contributed by atoms with Crippen molar-refractivity contribution in [1.29, 1.82) is 0 Å². The van der Waals surface area contributed by atoms with Crippen LogP contribution in [-0.2, 0) is 4.74 Å². The van der Waals surface area contributed by atoms with Gasteiger partial charge in [-0.3, -0.25) is 9.78 Å². The number of ether oxygens (including phenoxy) is 1. The van der Waals surface area contributed by atoms with E-state index in [1.165, 1.54) is 12.8 Å². The van der Waals surface area contributed by atoms with Crippen molar-refractivity contribution in [3.63, 3.8) is 0 Å². The summed E-state index contributed by atoms with van der Waals surface area (Å²) in [5, 5.41) is 0.956. The molecule has 24 heavy (non-hydrogen) atoms. The Balaban J connectivity index is 1.68. The van der Waals surface area contributed by atoms with Crippen LogP contribution in [0.5, 0.6) is 0 Å². The normalized spacial score (nSPS) is 20.5. The molecule has 0 N–H and O–H groups in total. The Bertz CT molecular complexity index is 748. The van der Waals surface area contributed by atoms with E-state index in [9.17, 15) is 4.79 Å². The monoisotopic (exact) mass is 324 g/mol. The summed E-state index contributed by atoms with van der Waals surface area (Å²) in [6.07, 6.45) is 4.71. The first-order chi connectivity index (χ1) is 11.8. The van der Waals surface area contributed by atoms with Gasteiger partial charge in [-0.15, -0.1) is 0 Å². The average molecular weight is 324 g/mol. The van der Waals surface area contributed by atoms with Gasteiger partial charge in [-0.25, -0.2) is 0 Å². The van der Waals surface area contributed by atoms with Gasteiger partial charge in [0.25, 0.3) is 5.91 Å². The number of amides is 1. The molecule has 4 nitrogen and oxygen atoms in total. The van der Waals surface area contributed by atoms with E-state index in [-0.39, 0.29) is 12.0 Å². The molecule has 1 unspecified atom stereocenters. The third kappa shape index (κ3) is 3.03. The second kappa shape index (κ2) is 6.52.